The molecule has 5 nitrogen and oxygen atoms in total. The highest BCUT2D eigenvalue weighted by Crippen LogP contribution is 2.22. The Bertz CT molecular complexity index is 720. The van der Waals surface area contributed by atoms with Gasteiger partial charge in [-0.05, 0) is 34.5 Å². The normalized spacial score (nSPS) is 10.9. The molecule has 20 heavy (non-hydrogen) atoms. The molecular weight excluding hydrogens is 338 g/mol. The highest BCUT2D eigenvalue weighted by atomic mass is 79.9. The van der Waals surface area contributed by atoms with E-state index in [1.54, 1.807) is 17.5 Å². The SMILES string of the molecule is CNc1cn2ccnc2c(NCCc2ccc(Br)s2)n1. The van der Waals surface area contributed by atoms with E-state index in [0.29, 0.717) is 0 Å². The first-order valence-electron chi connectivity index (χ1n) is 6.26. The standard InChI is InChI=1S/C13H14BrN5S/c1-15-11-8-19-7-6-17-13(19)12(18-11)16-5-4-9-2-3-10(14)20-9/h2-3,6-8,15H,4-5H2,1H3,(H,16,18). The first kappa shape index (κ1) is 13.4. The molecular formula is C13H14BrN5S. The lowest BCUT2D eigenvalue weighted by atomic mass is 10.3. The first-order chi connectivity index (χ1) is 9.76. The van der Waals surface area contributed by atoms with Gasteiger partial charge in [0.05, 0.1) is 9.98 Å². The number of imidazole rings is 1. The molecule has 2 N–H and O–H groups in total. The van der Waals surface area contributed by atoms with Gasteiger partial charge in [0.25, 0.3) is 0 Å². The molecule has 3 heterocycles. The van der Waals surface area contributed by atoms with Crippen LogP contribution in [0.3, 0.4) is 0 Å². The summed E-state index contributed by atoms with van der Waals surface area (Å²) in [5.41, 5.74) is 0.844. The van der Waals surface area contributed by atoms with Gasteiger partial charge >= 0.3 is 0 Å². The fourth-order valence-electron chi connectivity index (χ4n) is 1.96. The lowest BCUT2D eigenvalue weighted by Gasteiger charge is -2.08. The second-order valence-corrected chi connectivity index (χ2v) is 6.81. The molecule has 0 aliphatic heterocycles. The summed E-state index contributed by atoms with van der Waals surface area (Å²) < 4.78 is 3.13. The molecule has 0 amide bonds. The Balaban J connectivity index is 1.74. The van der Waals surface area contributed by atoms with Crippen LogP contribution in [0.5, 0.6) is 0 Å². The smallest absolute Gasteiger partial charge is 0.180 e. The average Bonchev–Trinajstić information content (AvgIpc) is 3.07. The number of hydrogen-bond donors (Lipinski definition) is 2. The van der Waals surface area contributed by atoms with Gasteiger partial charge in [0.1, 0.15) is 5.82 Å². The lowest BCUT2D eigenvalue weighted by Crippen LogP contribution is -2.08. The maximum atomic E-state index is 4.52. The van der Waals surface area contributed by atoms with Gasteiger partial charge in [-0.2, -0.15) is 0 Å². The van der Waals surface area contributed by atoms with Crippen LogP contribution < -0.4 is 10.6 Å². The van der Waals surface area contributed by atoms with Crippen LogP contribution in [0.1, 0.15) is 4.88 Å². The van der Waals surface area contributed by atoms with Gasteiger partial charge in [0.15, 0.2) is 11.5 Å². The molecule has 0 bridgehead atoms. The molecule has 0 aliphatic rings. The number of nitrogens with one attached hydrogen (secondary N) is 2. The van der Waals surface area contributed by atoms with Crippen LogP contribution in [0.4, 0.5) is 11.6 Å². The van der Waals surface area contributed by atoms with E-state index in [-0.39, 0.29) is 0 Å². The predicted octanol–water partition coefficient (Wildman–Crippen LogP) is 3.25. The van der Waals surface area contributed by atoms with Crippen LogP contribution in [0.15, 0.2) is 34.5 Å². The zero-order valence-electron chi connectivity index (χ0n) is 10.9. The lowest BCUT2D eigenvalue weighted by molar-refractivity contribution is 1.02. The molecule has 3 rings (SSSR count). The number of anilines is 2. The van der Waals surface area contributed by atoms with E-state index < -0.39 is 0 Å². The largest absolute Gasteiger partial charge is 0.372 e. The molecule has 0 saturated heterocycles. The van der Waals surface area contributed by atoms with Gasteiger partial charge in [0, 0.05) is 30.9 Å². The Morgan fingerprint density at radius 2 is 2.30 bits per heavy atom. The second-order valence-electron chi connectivity index (χ2n) is 4.27. The van der Waals surface area contributed by atoms with E-state index in [2.05, 4.69) is 48.7 Å². The molecule has 0 aromatic carbocycles. The maximum absolute atomic E-state index is 4.52. The summed E-state index contributed by atoms with van der Waals surface area (Å²) in [5.74, 6) is 1.62. The van der Waals surface area contributed by atoms with Crippen molar-refractivity contribution in [2.75, 3.05) is 24.2 Å². The number of aromatic nitrogens is 3. The van der Waals surface area contributed by atoms with E-state index in [4.69, 9.17) is 0 Å². The van der Waals surface area contributed by atoms with Gasteiger partial charge in [0.2, 0.25) is 0 Å². The fourth-order valence-corrected chi connectivity index (χ4v) is 3.44. The van der Waals surface area contributed by atoms with Crippen LogP contribution in [0.2, 0.25) is 0 Å². The van der Waals surface area contributed by atoms with Crippen molar-refractivity contribution >= 4 is 44.5 Å². The van der Waals surface area contributed by atoms with Crippen LogP contribution in [0.25, 0.3) is 5.65 Å². The summed E-state index contributed by atoms with van der Waals surface area (Å²) in [5, 5.41) is 6.42. The number of fused-ring (bicyclic) bond motifs is 1. The highest BCUT2D eigenvalue weighted by Gasteiger charge is 2.06. The molecule has 0 saturated carbocycles. The van der Waals surface area contributed by atoms with Crippen molar-refractivity contribution in [2.24, 2.45) is 0 Å². The Kier molecular flexibility index (Phi) is 3.88. The monoisotopic (exact) mass is 351 g/mol. The number of thiophene rings is 1. The van der Waals surface area contributed by atoms with Crippen LogP contribution in [0, 0.1) is 0 Å². The third-order valence-electron chi connectivity index (χ3n) is 2.92. The van der Waals surface area contributed by atoms with Gasteiger partial charge in [-0.25, -0.2) is 9.97 Å². The summed E-state index contributed by atoms with van der Waals surface area (Å²) in [6.07, 6.45) is 6.58. The van der Waals surface area contributed by atoms with E-state index in [9.17, 15) is 0 Å². The number of rotatable bonds is 5. The Morgan fingerprint density at radius 1 is 1.40 bits per heavy atom. The van der Waals surface area contributed by atoms with Crippen molar-refractivity contribution < 1.29 is 0 Å². The topological polar surface area (TPSA) is 54.2 Å². The van der Waals surface area contributed by atoms with E-state index >= 15 is 0 Å². The molecule has 0 fully saturated rings. The third kappa shape index (κ3) is 2.78. The molecule has 104 valence electrons. The minimum atomic E-state index is 0.803. The van der Waals surface area contributed by atoms with Gasteiger partial charge in [-0.1, -0.05) is 0 Å². The molecule has 0 spiro atoms. The van der Waals surface area contributed by atoms with Crippen molar-refractivity contribution in [3.05, 3.63) is 39.4 Å². The minimum absolute atomic E-state index is 0.803. The number of nitrogens with zero attached hydrogens (tertiary/aromatic N) is 3. The van der Waals surface area contributed by atoms with E-state index in [0.717, 1.165) is 30.2 Å². The molecule has 7 heteroatoms. The highest BCUT2D eigenvalue weighted by molar-refractivity contribution is 9.11. The Labute approximate surface area is 129 Å². The molecule has 0 radical (unpaired) electrons. The van der Waals surface area contributed by atoms with Crippen LogP contribution in [-0.2, 0) is 6.42 Å². The van der Waals surface area contributed by atoms with Crippen LogP contribution >= 0.6 is 27.3 Å². The average molecular weight is 352 g/mol. The van der Waals surface area contributed by atoms with Crippen molar-refractivity contribution in [3.63, 3.8) is 0 Å². The van der Waals surface area contributed by atoms with Gasteiger partial charge < -0.3 is 15.0 Å². The summed E-state index contributed by atoms with van der Waals surface area (Å²) in [7, 11) is 1.86. The van der Waals surface area contributed by atoms with Gasteiger partial charge in [-0.15, -0.1) is 11.3 Å². The molecule has 3 aromatic heterocycles. The fraction of sp³-hybridized carbons (Fsp3) is 0.231. The third-order valence-corrected chi connectivity index (χ3v) is 4.61. The van der Waals surface area contributed by atoms with Crippen molar-refractivity contribution in [1.29, 1.82) is 0 Å². The number of halogens is 1. The Hall–Kier alpha value is -1.60. The number of hydrogen-bond acceptors (Lipinski definition) is 5. The van der Waals surface area contributed by atoms with Crippen molar-refractivity contribution in [1.82, 2.24) is 14.4 Å². The molecule has 0 aliphatic carbocycles. The van der Waals surface area contributed by atoms with E-state index in [1.807, 2.05) is 23.8 Å². The van der Waals surface area contributed by atoms with Crippen molar-refractivity contribution in [3.8, 4) is 0 Å². The van der Waals surface area contributed by atoms with Crippen LogP contribution in [-0.4, -0.2) is 28.0 Å². The summed E-state index contributed by atoms with van der Waals surface area (Å²) in [6.45, 7) is 0.829. The summed E-state index contributed by atoms with van der Waals surface area (Å²) in [4.78, 5) is 10.2. The summed E-state index contributed by atoms with van der Waals surface area (Å²) >= 11 is 5.24. The maximum Gasteiger partial charge on any atom is 0.180 e. The molecule has 3 aromatic rings. The second kappa shape index (κ2) is 5.80. The zero-order valence-corrected chi connectivity index (χ0v) is 13.3. The summed E-state index contributed by atoms with van der Waals surface area (Å²) in [6, 6.07) is 4.21. The molecule has 0 unspecified atom stereocenters. The Morgan fingerprint density at radius 3 is 3.05 bits per heavy atom. The van der Waals surface area contributed by atoms with Gasteiger partial charge in [-0.3, -0.25) is 0 Å². The first-order valence-corrected chi connectivity index (χ1v) is 7.87. The van der Waals surface area contributed by atoms with E-state index in [1.165, 1.54) is 8.66 Å². The zero-order chi connectivity index (χ0) is 13.9. The minimum Gasteiger partial charge on any atom is -0.372 e. The quantitative estimate of drug-likeness (QED) is 0.740. The molecule has 0 atom stereocenters. The predicted molar refractivity (Wildman–Crippen MR) is 86.7 cm³/mol. The van der Waals surface area contributed by atoms with Crippen molar-refractivity contribution in [2.45, 2.75) is 6.42 Å².